The Morgan fingerprint density at radius 2 is 1.95 bits per heavy atom. The zero-order valence-electron chi connectivity index (χ0n) is 12.4. The van der Waals surface area contributed by atoms with E-state index in [1.807, 2.05) is 6.07 Å². The smallest absolute Gasteiger partial charge is 0.168 e. The van der Waals surface area contributed by atoms with Crippen molar-refractivity contribution in [3.8, 4) is 11.5 Å². The molecule has 0 fully saturated rings. The molecule has 0 spiro atoms. The Balaban J connectivity index is 2.28. The number of halogens is 2. The average Bonchev–Trinajstić information content (AvgIpc) is 2.43. The van der Waals surface area contributed by atoms with Gasteiger partial charge in [0.15, 0.2) is 11.6 Å². The molecule has 0 bridgehead atoms. The van der Waals surface area contributed by atoms with E-state index < -0.39 is 0 Å². The van der Waals surface area contributed by atoms with E-state index in [4.69, 9.17) is 16.3 Å². The molecule has 1 N–H and O–H groups in total. The molecule has 0 aliphatic heterocycles. The molecule has 2 rings (SSSR count). The highest BCUT2D eigenvalue weighted by molar-refractivity contribution is 6.30. The third kappa shape index (κ3) is 4.19. The highest BCUT2D eigenvalue weighted by Gasteiger charge is 2.11. The van der Waals surface area contributed by atoms with Crippen molar-refractivity contribution in [3.05, 3.63) is 58.4 Å². The maximum atomic E-state index is 14.0. The fourth-order valence-electron chi connectivity index (χ4n) is 1.92. The standard InChI is InChI=1S/C17H19ClFNO/c1-11(2)20-10-13-9-14(18)7-8-15(13)21-16-6-4-5-12(3)17(16)19/h4-9,11,20H,10H2,1-3H3. The lowest BCUT2D eigenvalue weighted by Crippen LogP contribution is -2.22. The molecule has 0 saturated heterocycles. The number of nitrogens with one attached hydrogen (secondary N) is 1. The van der Waals surface area contributed by atoms with Crippen molar-refractivity contribution in [2.45, 2.75) is 33.4 Å². The molecule has 0 aliphatic carbocycles. The van der Waals surface area contributed by atoms with E-state index >= 15 is 0 Å². The summed E-state index contributed by atoms with van der Waals surface area (Å²) in [5.41, 5.74) is 1.46. The van der Waals surface area contributed by atoms with Crippen molar-refractivity contribution in [2.75, 3.05) is 0 Å². The molecule has 0 unspecified atom stereocenters. The van der Waals surface area contributed by atoms with Gasteiger partial charge in [0.1, 0.15) is 5.75 Å². The topological polar surface area (TPSA) is 21.3 Å². The molecular formula is C17H19ClFNO. The second-order valence-electron chi connectivity index (χ2n) is 5.28. The summed E-state index contributed by atoms with van der Waals surface area (Å²) in [6.07, 6.45) is 0. The van der Waals surface area contributed by atoms with Crippen LogP contribution in [0.2, 0.25) is 5.02 Å². The predicted octanol–water partition coefficient (Wildman–Crippen LogP) is 5.08. The van der Waals surface area contributed by atoms with Gasteiger partial charge in [-0.05, 0) is 36.8 Å². The zero-order valence-corrected chi connectivity index (χ0v) is 13.2. The van der Waals surface area contributed by atoms with Crippen LogP contribution in [0, 0.1) is 12.7 Å². The quantitative estimate of drug-likeness (QED) is 0.832. The minimum Gasteiger partial charge on any atom is -0.454 e. The molecule has 0 saturated carbocycles. The lowest BCUT2D eigenvalue weighted by molar-refractivity contribution is 0.432. The zero-order chi connectivity index (χ0) is 15.4. The molecule has 21 heavy (non-hydrogen) atoms. The van der Waals surface area contributed by atoms with Gasteiger partial charge in [-0.15, -0.1) is 0 Å². The van der Waals surface area contributed by atoms with Crippen LogP contribution in [0.4, 0.5) is 4.39 Å². The van der Waals surface area contributed by atoms with E-state index in [0.29, 0.717) is 28.9 Å². The molecule has 0 aromatic heterocycles. The number of ether oxygens (including phenoxy) is 1. The first kappa shape index (κ1) is 15.8. The van der Waals surface area contributed by atoms with E-state index in [0.717, 1.165) is 5.56 Å². The Labute approximate surface area is 129 Å². The van der Waals surface area contributed by atoms with Crippen LogP contribution in [0.15, 0.2) is 36.4 Å². The first-order valence-corrected chi connectivity index (χ1v) is 7.30. The number of hydrogen-bond donors (Lipinski definition) is 1. The second-order valence-corrected chi connectivity index (χ2v) is 5.71. The number of rotatable bonds is 5. The summed E-state index contributed by atoms with van der Waals surface area (Å²) in [7, 11) is 0. The van der Waals surface area contributed by atoms with Gasteiger partial charge in [0.2, 0.25) is 0 Å². The lowest BCUT2D eigenvalue weighted by Gasteiger charge is -2.14. The molecule has 2 nitrogen and oxygen atoms in total. The third-order valence-electron chi connectivity index (χ3n) is 3.10. The van der Waals surface area contributed by atoms with Gasteiger partial charge in [0, 0.05) is 23.2 Å². The molecule has 0 radical (unpaired) electrons. The Morgan fingerprint density at radius 1 is 1.19 bits per heavy atom. The average molecular weight is 308 g/mol. The number of hydrogen-bond acceptors (Lipinski definition) is 2. The van der Waals surface area contributed by atoms with Gasteiger partial charge in [-0.2, -0.15) is 0 Å². The van der Waals surface area contributed by atoms with E-state index in [2.05, 4.69) is 19.2 Å². The van der Waals surface area contributed by atoms with Crippen molar-refractivity contribution < 1.29 is 9.13 Å². The first-order valence-electron chi connectivity index (χ1n) is 6.92. The summed E-state index contributed by atoms with van der Waals surface area (Å²) in [6.45, 7) is 6.45. The molecule has 0 atom stereocenters. The van der Waals surface area contributed by atoms with Crippen LogP contribution in [0.1, 0.15) is 25.0 Å². The minimum absolute atomic E-state index is 0.225. The maximum Gasteiger partial charge on any atom is 0.168 e. The summed E-state index contributed by atoms with van der Waals surface area (Å²) in [4.78, 5) is 0. The molecule has 0 amide bonds. The maximum absolute atomic E-state index is 14.0. The SMILES string of the molecule is Cc1cccc(Oc2ccc(Cl)cc2CNC(C)C)c1F. The first-order chi connectivity index (χ1) is 9.97. The molecule has 112 valence electrons. The Bertz CT molecular complexity index is 628. The van der Waals surface area contributed by atoms with Crippen LogP contribution in [-0.4, -0.2) is 6.04 Å². The predicted molar refractivity (Wildman–Crippen MR) is 84.6 cm³/mol. The fraction of sp³-hybridized carbons (Fsp3) is 0.294. The molecular weight excluding hydrogens is 289 g/mol. The normalized spacial score (nSPS) is 11.0. The van der Waals surface area contributed by atoms with E-state index in [1.54, 1.807) is 37.3 Å². The van der Waals surface area contributed by atoms with Crippen molar-refractivity contribution in [2.24, 2.45) is 0 Å². The van der Waals surface area contributed by atoms with Crippen LogP contribution in [-0.2, 0) is 6.54 Å². The van der Waals surface area contributed by atoms with Crippen LogP contribution < -0.4 is 10.1 Å². The Hall–Kier alpha value is -1.58. The Morgan fingerprint density at radius 3 is 2.67 bits per heavy atom. The van der Waals surface area contributed by atoms with Gasteiger partial charge in [-0.3, -0.25) is 0 Å². The summed E-state index contributed by atoms with van der Waals surface area (Å²) in [5.74, 6) is 0.496. The number of aryl methyl sites for hydroxylation is 1. The second kappa shape index (κ2) is 6.92. The largest absolute Gasteiger partial charge is 0.454 e. The summed E-state index contributed by atoms with van der Waals surface area (Å²) >= 11 is 6.03. The van der Waals surface area contributed by atoms with Gasteiger partial charge in [-0.25, -0.2) is 4.39 Å². The van der Waals surface area contributed by atoms with Crippen LogP contribution in [0.25, 0.3) is 0 Å². The van der Waals surface area contributed by atoms with Gasteiger partial charge in [0.25, 0.3) is 0 Å². The van der Waals surface area contributed by atoms with E-state index in [1.165, 1.54) is 0 Å². The molecule has 0 heterocycles. The molecule has 0 aliphatic rings. The van der Waals surface area contributed by atoms with Crippen LogP contribution >= 0.6 is 11.6 Å². The third-order valence-corrected chi connectivity index (χ3v) is 3.33. The Kier molecular flexibility index (Phi) is 5.21. The van der Waals surface area contributed by atoms with Crippen LogP contribution in [0.3, 0.4) is 0 Å². The van der Waals surface area contributed by atoms with Crippen molar-refractivity contribution in [1.82, 2.24) is 5.32 Å². The monoisotopic (exact) mass is 307 g/mol. The molecule has 2 aromatic rings. The van der Waals surface area contributed by atoms with Crippen molar-refractivity contribution in [3.63, 3.8) is 0 Å². The summed E-state index contributed by atoms with van der Waals surface area (Å²) in [6, 6.07) is 10.8. The molecule has 4 heteroatoms. The van der Waals surface area contributed by atoms with Crippen LogP contribution in [0.5, 0.6) is 11.5 Å². The fourth-order valence-corrected chi connectivity index (χ4v) is 2.11. The van der Waals surface area contributed by atoms with Gasteiger partial charge >= 0.3 is 0 Å². The van der Waals surface area contributed by atoms with Gasteiger partial charge in [-0.1, -0.05) is 37.6 Å². The molecule has 2 aromatic carbocycles. The highest BCUT2D eigenvalue weighted by atomic mass is 35.5. The summed E-state index contributed by atoms with van der Waals surface area (Å²) in [5, 5.41) is 3.94. The van der Waals surface area contributed by atoms with Crippen molar-refractivity contribution >= 4 is 11.6 Å². The number of benzene rings is 2. The van der Waals surface area contributed by atoms with Crippen molar-refractivity contribution in [1.29, 1.82) is 0 Å². The van der Waals surface area contributed by atoms with Gasteiger partial charge in [0.05, 0.1) is 0 Å². The van der Waals surface area contributed by atoms with Gasteiger partial charge < -0.3 is 10.1 Å². The van der Waals surface area contributed by atoms with E-state index in [9.17, 15) is 4.39 Å². The lowest BCUT2D eigenvalue weighted by atomic mass is 10.2. The summed E-state index contributed by atoms with van der Waals surface area (Å²) < 4.78 is 19.8. The highest BCUT2D eigenvalue weighted by Crippen LogP contribution is 2.30. The minimum atomic E-state index is -0.338. The van der Waals surface area contributed by atoms with E-state index in [-0.39, 0.29) is 11.6 Å².